The molecule has 40 valence electrons. The second-order valence-electron chi connectivity index (χ2n) is 0.749. The van der Waals surface area contributed by atoms with Crippen molar-refractivity contribution < 1.29 is 17.8 Å². The molecule has 7 heavy (non-hydrogen) atoms. The molecule has 0 aliphatic carbocycles. The van der Waals surface area contributed by atoms with Crippen LogP contribution in [0.5, 0.6) is 0 Å². The summed E-state index contributed by atoms with van der Waals surface area (Å²) in [6.07, 6.45) is 0. The third-order valence-electron chi connectivity index (χ3n) is 0.186. The van der Waals surface area contributed by atoms with Crippen molar-refractivity contribution in [3.05, 3.63) is 0 Å². The number of hydrogen-bond donors (Lipinski definition) is 2. The van der Waals surface area contributed by atoms with Gasteiger partial charge in [-0.1, -0.05) is 0 Å². The van der Waals surface area contributed by atoms with Crippen molar-refractivity contribution in [2.45, 2.75) is 0 Å². The third-order valence-corrected chi connectivity index (χ3v) is 0.558. The molecule has 0 saturated heterocycles. The molecule has 0 fully saturated rings. The highest BCUT2D eigenvalue weighted by atomic mass is 32.2. The molecule has 0 spiro atoms. The van der Waals surface area contributed by atoms with Gasteiger partial charge in [-0.15, -0.1) is 0 Å². The zero-order valence-electron chi connectivity index (χ0n) is 3.20. The van der Waals surface area contributed by atoms with Gasteiger partial charge in [-0.3, -0.25) is 4.55 Å². The molecule has 0 bridgehead atoms. The van der Waals surface area contributed by atoms with E-state index in [1.54, 1.807) is 0 Å². The minimum absolute atomic E-state index is 0.132. The minimum Gasteiger partial charge on any atom is -0.277 e. The Morgan fingerprint density at radius 2 is 2.14 bits per heavy atom. The van der Waals surface area contributed by atoms with E-state index in [1.807, 2.05) is 0 Å². The third kappa shape index (κ3) is 5.29. The lowest BCUT2D eigenvalue weighted by Crippen LogP contribution is -1.96. The summed E-state index contributed by atoms with van der Waals surface area (Å²) in [7, 11) is -4.15. The van der Waals surface area contributed by atoms with E-state index >= 15 is 0 Å². The molecule has 0 aromatic heterocycles. The molecule has 0 atom stereocenters. The van der Waals surface area contributed by atoms with E-state index in [0.29, 0.717) is 0 Å². The molecule has 0 amide bonds. The van der Waals surface area contributed by atoms with Gasteiger partial charge in [0.2, 0.25) is 0 Å². The summed E-state index contributed by atoms with van der Waals surface area (Å²) in [5.41, 5.74) is 6.02. The van der Waals surface area contributed by atoms with Crippen molar-refractivity contribution in [1.29, 1.82) is 5.53 Å². The van der Waals surface area contributed by atoms with E-state index in [-0.39, 0.29) is 5.55 Å². The van der Waals surface area contributed by atoms with Gasteiger partial charge in [0.1, 0.15) is 0 Å². The molecule has 5 nitrogen and oxygen atoms in total. The smallest absolute Gasteiger partial charge is 0.277 e. The van der Waals surface area contributed by atoms with Crippen molar-refractivity contribution >= 4 is 15.7 Å². The predicted octanol–water partition coefficient (Wildman–Crippen LogP) is -0.858. The molecule has 0 aliphatic rings. The van der Waals surface area contributed by atoms with Crippen LogP contribution >= 0.6 is 0 Å². The van der Waals surface area contributed by atoms with Crippen LogP contribution < -0.4 is 0 Å². The van der Waals surface area contributed by atoms with Crippen LogP contribution in [0.4, 0.5) is 0 Å². The van der Waals surface area contributed by atoms with Gasteiger partial charge in [0.15, 0.2) is 0 Å². The van der Waals surface area contributed by atoms with Crippen LogP contribution in [0, 0.1) is 5.53 Å². The fraction of sp³-hybridized carbons (Fsp3) is 0. The second kappa shape index (κ2) is 1.83. The van der Waals surface area contributed by atoms with Gasteiger partial charge in [0.25, 0.3) is 0 Å². The largest absolute Gasteiger partial charge is 0.445 e. The monoisotopic (exact) mass is 123 g/mol. The first-order valence-electron chi connectivity index (χ1n) is 1.23. The van der Waals surface area contributed by atoms with Crippen LogP contribution in [-0.2, 0) is 10.1 Å². The summed E-state index contributed by atoms with van der Waals surface area (Å²) in [4.78, 5) is 2.29. The van der Waals surface area contributed by atoms with Crippen molar-refractivity contribution in [2.75, 3.05) is 0 Å². The average molecular weight is 123 g/mol. The van der Waals surface area contributed by atoms with Crippen LogP contribution in [0.25, 0.3) is 0 Å². The Hall–Kier alpha value is -0.710. The Labute approximate surface area is 40.0 Å². The number of nitrogens with one attached hydrogen (secondary N) is 1. The molecule has 0 aliphatic heterocycles. The quantitative estimate of drug-likeness (QED) is 0.156. The first-order valence-corrected chi connectivity index (χ1v) is 2.74. The van der Waals surface area contributed by atoms with Crippen LogP contribution in [0.15, 0.2) is 0 Å². The van der Waals surface area contributed by atoms with E-state index < -0.39 is 10.1 Å². The van der Waals surface area contributed by atoms with Gasteiger partial charge in [-0.05, 0) is 0 Å². The fourth-order valence-corrected chi connectivity index (χ4v) is 0.200. The topological polar surface area (TPSA) is 92.3 Å². The van der Waals surface area contributed by atoms with Crippen LogP contribution in [0.3, 0.4) is 0 Å². The SMILES string of the molecule is N=[N+]=CS(=O)(=O)O. The first kappa shape index (κ1) is 6.29. The standard InChI is InChI=1S/CH2N2O3S/c2-3-1-7(4,5)6/h1-2H/p+1. The lowest BCUT2D eigenvalue weighted by Gasteiger charge is -1.63. The summed E-state index contributed by atoms with van der Waals surface area (Å²) in [6.45, 7) is 0. The maximum atomic E-state index is 9.52. The Morgan fingerprint density at radius 3 is 2.14 bits per heavy atom. The lowest BCUT2D eigenvalue weighted by atomic mass is 11.7. The highest BCUT2D eigenvalue weighted by molar-refractivity contribution is 7.99. The Morgan fingerprint density at radius 1 is 1.71 bits per heavy atom. The molecule has 0 saturated carbocycles. The van der Waals surface area contributed by atoms with E-state index in [1.165, 1.54) is 0 Å². The van der Waals surface area contributed by atoms with Gasteiger partial charge in [-0.25, -0.2) is 0 Å². The van der Waals surface area contributed by atoms with E-state index in [2.05, 4.69) is 4.79 Å². The van der Waals surface area contributed by atoms with Crippen LogP contribution in [0.1, 0.15) is 0 Å². The molecule has 0 rings (SSSR count). The maximum Gasteiger partial charge on any atom is 0.445 e. The predicted molar refractivity (Wildman–Crippen MR) is 20.6 cm³/mol. The lowest BCUT2D eigenvalue weighted by molar-refractivity contribution is -0.109. The zero-order valence-corrected chi connectivity index (χ0v) is 4.01. The normalized spacial score (nSPS) is 9.86. The molecule has 0 aromatic carbocycles. The van der Waals surface area contributed by atoms with Gasteiger partial charge in [0, 0.05) is 0 Å². The van der Waals surface area contributed by atoms with Crippen molar-refractivity contribution in [2.24, 2.45) is 0 Å². The molecule has 2 N–H and O–H groups in total. The van der Waals surface area contributed by atoms with Gasteiger partial charge in [-0.2, -0.15) is 8.42 Å². The van der Waals surface area contributed by atoms with Crippen molar-refractivity contribution in [3.8, 4) is 0 Å². The van der Waals surface area contributed by atoms with E-state index in [4.69, 9.17) is 10.1 Å². The van der Waals surface area contributed by atoms with E-state index in [0.717, 1.165) is 0 Å². The number of nitrogens with zero attached hydrogens (tertiary/aromatic N) is 1. The van der Waals surface area contributed by atoms with Gasteiger partial charge >= 0.3 is 15.7 Å². The van der Waals surface area contributed by atoms with Gasteiger partial charge in [0.05, 0.1) is 10.3 Å². The summed E-state index contributed by atoms with van der Waals surface area (Å²) in [5.74, 6) is 0. The highest BCUT2D eigenvalue weighted by Crippen LogP contribution is 1.64. The summed E-state index contributed by atoms with van der Waals surface area (Å²) in [5, 5.41) is 0. The van der Waals surface area contributed by atoms with Crippen LogP contribution in [0.2, 0.25) is 0 Å². The molecule has 6 heteroatoms. The van der Waals surface area contributed by atoms with Crippen LogP contribution in [-0.4, -0.2) is 23.3 Å². The maximum absolute atomic E-state index is 9.52. The number of rotatable bonds is 1. The Kier molecular flexibility index (Phi) is 1.65. The second-order valence-corrected chi connectivity index (χ2v) is 1.99. The molecule has 0 aromatic rings. The molecular weight excluding hydrogens is 120 g/mol. The van der Waals surface area contributed by atoms with Crippen molar-refractivity contribution in [1.82, 2.24) is 0 Å². The Bertz CT molecular complexity index is 185. The molecule has 0 heterocycles. The molecular formula is CH3N2O3S+. The number of hydrogen-bond acceptors (Lipinski definition) is 3. The first-order chi connectivity index (χ1) is 3.06. The highest BCUT2D eigenvalue weighted by Gasteiger charge is 2.03. The zero-order chi connectivity index (χ0) is 5.91. The molecule has 0 radical (unpaired) electrons. The fourth-order valence-electron chi connectivity index (χ4n) is 0.0666. The average Bonchev–Trinajstić information content (AvgIpc) is 1.30. The molecule has 0 unspecified atom stereocenters. The van der Waals surface area contributed by atoms with E-state index in [9.17, 15) is 8.42 Å². The minimum atomic E-state index is -4.15. The summed E-state index contributed by atoms with van der Waals surface area (Å²) >= 11 is 0. The summed E-state index contributed by atoms with van der Waals surface area (Å²) < 4.78 is 26.8. The summed E-state index contributed by atoms with van der Waals surface area (Å²) in [6, 6.07) is 0. The van der Waals surface area contributed by atoms with Gasteiger partial charge < -0.3 is 0 Å². The Balaban J connectivity index is 4.44. The van der Waals surface area contributed by atoms with Crippen molar-refractivity contribution in [3.63, 3.8) is 0 Å².